The van der Waals surface area contributed by atoms with Crippen LogP contribution in [0.25, 0.3) is 5.76 Å². The van der Waals surface area contributed by atoms with Crippen LogP contribution in [0.1, 0.15) is 40.8 Å². The second-order valence-electron chi connectivity index (χ2n) is 8.78. The number of aliphatic hydroxyl groups excluding tert-OH is 1. The van der Waals surface area contributed by atoms with E-state index in [9.17, 15) is 19.5 Å². The standard InChI is InChI=1S/C29H27NO6/c1-16-6-9-21(14-17(16)2)30-26(20-7-10-22(11-8-20)36-19(4)31)25(28(33)29(30)34)27(32)24-13-12-23(35-5)15-18(24)3/h6-15,26,32H,1-5H3/b27-25-. The van der Waals surface area contributed by atoms with Gasteiger partial charge >= 0.3 is 5.97 Å². The molecule has 1 amide bonds. The van der Waals surface area contributed by atoms with Crippen LogP contribution in [0.4, 0.5) is 5.69 Å². The molecule has 36 heavy (non-hydrogen) atoms. The van der Waals surface area contributed by atoms with E-state index in [2.05, 4.69) is 0 Å². The normalized spacial score (nSPS) is 16.8. The summed E-state index contributed by atoms with van der Waals surface area (Å²) >= 11 is 0. The van der Waals surface area contributed by atoms with Crippen molar-refractivity contribution < 1.29 is 29.0 Å². The van der Waals surface area contributed by atoms with Crippen LogP contribution in [-0.2, 0) is 14.4 Å². The van der Waals surface area contributed by atoms with Crippen molar-refractivity contribution in [2.75, 3.05) is 12.0 Å². The van der Waals surface area contributed by atoms with E-state index < -0.39 is 23.7 Å². The minimum absolute atomic E-state index is 0.0215. The fraction of sp³-hybridized carbons (Fsp3) is 0.207. The number of anilines is 1. The van der Waals surface area contributed by atoms with E-state index in [0.29, 0.717) is 33.9 Å². The molecule has 1 saturated heterocycles. The first kappa shape index (κ1) is 24.7. The third-order valence-corrected chi connectivity index (χ3v) is 6.36. The Hall–Kier alpha value is -4.39. The number of carbonyl (C=O) groups is 3. The highest BCUT2D eigenvalue weighted by atomic mass is 16.5. The number of carbonyl (C=O) groups excluding carboxylic acids is 3. The number of aliphatic hydroxyl groups is 1. The lowest BCUT2D eigenvalue weighted by Gasteiger charge is -2.26. The van der Waals surface area contributed by atoms with Crippen LogP contribution < -0.4 is 14.4 Å². The number of hydrogen-bond donors (Lipinski definition) is 1. The molecule has 0 aliphatic carbocycles. The number of amides is 1. The lowest BCUT2D eigenvalue weighted by atomic mass is 9.93. The molecular formula is C29H27NO6. The molecule has 7 nitrogen and oxygen atoms in total. The summed E-state index contributed by atoms with van der Waals surface area (Å²) in [5, 5.41) is 11.4. The summed E-state index contributed by atoms with van der Waals surface area (Å²) in [5.41, 5.74) is 4.22. The molecule has 3 aromatic carbocycles. The molecule has 1 atom stereocenters. The van der Waals surface area contributed by atoms with E-state index in [0.717, 1.165) is 11.1 Å². The molecule has 0 saturated carbocycles. The minimum atomic E-state index is -0.889. The van der Waals surface area contributed by atoms with Gasteiger partial charge in [-0.1, -0.05) is 18.2 Å². The maximum atomic E-state index is 13.4. The second kappa shape index (κ2) is 9.70. The molecule has 1 unspecified atom stereocenters. The number of Topliss-reactive ketones (excluding diaryl/α,β-unsaturated/α-hetero) is 1. The lowest BCUT2D eigenvalue weighted by molar-refractivity contribution is -0.132. The number of rotatable bonds is 5. The van der Waals surface area contributed by atoms with Crippen LogP contribution in [-0.4, -0.2) is 29.9 Å². The Bertz CT molecular complexity index is 1400. The molecule has 0 aromatic heterocycles. The highest BCUT2D eigenvalue weighted by Crippen LogP contribution is 2.43. The zero-order valence-corrected chi connectivity index (χ0v) is 20.8. The van der Waals surface area contributed by atoms with Gasteiger partial charge in [-0.2, -0.15) is 0 Å². The van der Waals surface area contributed by atoms with Gasteiger partial charge in [-0.25, -0.2) is 0 Å². The number of ether oxygens (including phenoxy) is 2. The molecule has 3 aromatic rings. The predicted octanol–water partition coefficient (Wildman–Crippen LogP) is 5.17. The highest BCUT2D eigenvalue weighted by Gasteiger charge is 2.47. The van der Waals surface area contributed by atoms with E-state index in [1.165, 1.54) is 11.8 Å². The van der Waals surface area contributed by atoms with Crippen LogP contribution in [0.15, 0.2) is 66.2 Å². The molecule has 4 rings (SSSR count). The molecule has 184 valence electrons. The number of methoxy groups -OCH3 is 1. The Labute approximate surface area is 209 Å². The monoisotopic (exact) mass is 485 g/mol. The average molecular weight is 486 g/mol. The van der Waals surface area contributed by atoms with E-state index in [-0.39, 0.29) is 11.3 Å². The van der Waals surface area contributed by atoms with Gasteiger partial charge in [0.05, 0.1) is 18.7 Å². The first-order valence-corrected chi connectivity index (χ1v) is 11.4. The van der Waals surface area contributed by atoms with Crippen LogP contribution in [0.5, 0.6) is 11.5 Å². The summed E-state index contributed by atoms with van der Waals surface area (Å²) in [5.74, 6) is -1.31. The number of aryl methyl sites for hydroxylation is 3. The molecule has 0 spiro atoms. The Morgan fingerprint density at radius 3 is 2.11 bits per heavy atom. The van der Waals surface area contributed by atoms with E-state index in [1.807, 2.05) is 26.0 Å². The minimum Gasteiger partial charge on any atom is -0.507 e. The summed E-state index contributed by atoms with van der Waals surface area (Å²) < 4.78 is 10.4. The first-order valence-electron chi connectivity index (χ1n) is 11.4. The number of ketones is 1. The summed E-state index contributed by atoms with van der Waals surface area (Å²) in [7, 11) is 1.54. The molecule has 1 heterocycles. The van der Waals surface area contributed by atoms with Gasteiger partial charge in [0.25, 0.3) is 11.7 Å². The molecule has 1 aliphatic heterocycles. The van der Waals surface area contributed by atoms with Crippen molar-refractivity contribution >= 4 is 29.1 Å². The quantitative estimate of drug-likeness (QED) is 0.176. The lowest BCUT2D eigenvalue weighted by Crippen LogP contribution is -2.29. The van der Waals surface area contributed by atoms with Gasteiger partial charge < -0.3 is 14.6 Å². The maximum Gasteiger partial charge on any atom is 0.308 e. The van der Waals surface area contributed by atoms with Crippen molar-refractivity contribution in [1.29, 1.82) is 0 Å². The topological polar surface area (TPSA) is 93.1 Å². The van der Waals surface area contributed by atoms with Gasteiger partial charge in [-0.05, 0) is 85.5 Å². The smallest absolute Gasteiger partial charge is 0.308 e. The van der Waals surface area contributed by atoms with Crippen LogP contribution >= 0.6 is 0 Å². The third kappa shape index (κ3) is 4.47. The van der Waals surface area contributed by atoms with Gasteiger partial charge in [0.15, 0.2) is 0 Å². The van der Waals surface area contributed by atoms with Crippen molar-refractivity contribution in [1.82, 2.24) is 0 Å². The van der Waals surface area contributed by atoms with Gasteiger partial charge in [-0.15, -0.1) is 0 Å². The fourth-order valence-corrected chi connectivity index (χ4v) is 4.35. The molecule has 0 radical (unpaired) electrons. The van der Waals surface area contributed by atoms with E-state index in [1.54, 1.807) is 62.6 Å². The maximum absolute atomic E-state index is 13.4. The van der Waals surface area contributed by atoms with E-state index in [4.69, 9.17) is 9.47 Å². The summed E-state index contributed by atoms with van der Waals surface area (Å²) in [4.78, 5) is 39.5. The van der Waals surface area contributed by atoms with E-state index >= 15 is 0 Å². The molecule has 0 bridgehead atoms. The van der Waals surface area contributed by atoms with Crippen molar-refractivity contribution in [2.24, 2.45) is 0 Å². The van der Waals surface area contributed by atoms with Crippen molar-refractivity contribution in [2.45, 2.75) is 33.7 Å². The number of benzene rings is 3. The molecular weight excluding hydrogens is 458 g/mol. The summed E-state index contributed by atoms with van der Waals surface area (Å²) in [6.07, 6.45) is 0. The Balaban J connectivity index is 1.92. The zero-order chi connectivity index (χ0) is 26.1. The number of hydrogen-bond acceptors (Lipinski definition) is 6. The Kier molecular flexibility index (Phi) is 6.66. The van der Waals surface area contributed by atoms with Crippen LogP contribution in [0.2, 0.25) is 0 Å². The third-order valence-electron chi connectivity index (χ3n) is 6.36. The first-order chi connectivity index (χ1) is 17.1. The van der Waals surface area contributed by atoms with Gasteiger partial charge in [0.1, 0.15) is 17.3 Å². The summed E-state index contributed by atoms with van der Waals surface area (Å²) in [6.45, 7) is 6.99. The highest BCUT2D eigenvalue weighted by molar-refractivity contribution is 6.51. The average Bonchev–Trinajstić information content (AvgIpc) is 3.11. The summed E-state index contributed by atoms with van der Waals surface area (Å²) in [6, 6.07) is 16.3. The van der Waals surface area contributed by atoms with Crippen LogP contribution in [0, 0.1) is 20.8 Å². The zero-order valence-electron chi connectivity index (χ0n) is 20.8. The fourth-order valence-electron chi connectivity index (χ4n) is 4.35. The molecule has 1 fully saturated rings. The van der Waals surface area contributed by atoms with Crippen molar-refractivity contribution in [3.05, 3.63) is 94.1 Å². The molecule has 1 aliphatic rings. The van der Waals surface area contributed by atoms with Crippen molar-refractivity contribution in [3.63, 3.8) is 0 Å². The predicted molar refractivity (Wildman–Crippen MR) is 136 cm³/mol. The molecule has 7 heteroatoms. The van der Waals surface area contributed by atoms with Gasteiger partial charge in [0, 0.05) is 18.2 Å². The van der Waals surface area contributed by atoms with Crippen LogP contribution in [0.3, 0.4) is 0 Å². The largest absolute Gasteiger partial charge is 0.507 e. The number of esters is 1. The Morgan fingerprint density at radius 1 is 0.861 bits per heavy atom. The SMILES string of the molecule is COc1ccc(/C(O)=C2/C(=O)C(=O)N(c3ccc(C)c(C)c3)C2c2ccc(OC(C)=O)cc2)c(C)c1. The number of nitrogens with zero attached hydrogens (tertiary/aromatic N) is 1. The second-order valence-corrected chi connectivity index (χ2v) is 8.78. The van der Waals surface area contributed by atoms with Crippen molar-refractivity contribution in [3.8, 4) is 11.5 Å². The van der Waals surface area contributed by atoms with Gasteiger partial charge in [-0.3, -0.25) is 19.3 Å². The van der Waals surface area contributed by atoms with Gasteiger partial charge in [0.2, 0.25) is 0 Å². The molecule has 1 N–H and O–H groups in total. The Morgan fingerprint density at radius 2 is 1.53 bits per heavy atom.